The van der Waals surface area contributed by atoms with Crippen molar-refractivity contribution in [3.63, 3.8) is 0 Å². The van der Waals surface area contributed by atoms with Gasteiger partial charge < -0.3 is 4.57 Å². The highest BCUT2D eigenvalue weighted by atomic mass is 15.0. The van der Waals surface area contributed by atoms with Gasteiger partial charge in [-0.15, -0.1) is 0 Å². The highest BCUT2D eigenvalue weighted by molar-refractivity contribution is 6.14. The lowest BCUT2D eigenvalue weighted by Crippen LogP contribution is -2.07. The quantitative estimate of drug-likeness (QED) is 0.203. The molecular weight excluding hydrogens is 458 g/mol. The van der Waals surface area contributed by atoms with Crippen LogP contribution < -0.4 is 0 Å². The second-order valence-corrected chi connectivity index (χ2v) is 10.4. The number of rotatable bonds is 0. The van der Waals surface area contributed by atoms with E-state index in [9.17, 15) is 0 Å². The third-order valence-corrected chi connectivity index (χ3v) is 8.65. The minimum absolute atomic E-state index is 0.155. The van der Waals surface area contributed by atoms with E-state index in [0.29, 0.717) is 0 Å². The molecule has 0 bridgehead atoms. The minimum atomic E-state index is 0.155. The number of para-hydroxylation sites is 2. The van der Waals surface area contributed by atoms with E-state index in [1.807, 2.05) is 0 Å². The maximum absolute atomic E-state index is 2.54. The van der Waals surface area contributed by atoms with Gasteiger partial charge in [0.1, 0.15) is 0 Å². The van der Waals surface area contributed by atoms with Gasteiger partial charge in [-0.25, -0.2) is 0 Å². The highest BCUT2D eigenvalue weighted by Crippen LogP contribution is 2.55. The molecule has 2 heterocycles. The summed E-state index contributed by atoms with van der Waals surface area (Å²) in [7, 11) is 0. The molecule has 1 atom stereocenters. The van der Waals surface area contributed by atoms with E-state index in [4.69, 9.17) is 0 Å². The molecule has 0 fully saturated rings. The summed E-state index contributed by atoms with van der Waals surface area (Å²) in [6.45, 7) is 0. The molecule has 1 aromatic heterocycles. The largest absolute Gasteiger partial charge is 0.308 e. The van der Waals surface area contributed by atoms with E-state index in [0.717, 1.165) is 0 Å². The molecule has 1 heteroatoms. The van der Waals surface area contributed by atoms with E-state index in [1.54, 1.807) is 0 Å². The molecule has 1 nitrogen and oxygen atoms in total. The first-order valence-corrected chi connectivity index (χ1v) is 13.3. The van der Waals surface area contributed by atoms with E-state index >= 15 is 0 Å². The molecule has 1 aliphatic carbocycles. The van der Waals surface area contributed by atoms with Gasteiger partial charge in [0, 0.05) is 22.3 Å². The van der Waals surface area contributed by atoms with Gasteiger partial charge >= 0.3 is 0 Å². The van der Waals surface area contributed by atoms with Crippen LogP contribution in [0.3, 0.4) is 0 Å². The Morgan fingerprint density at radius 1 is 0.395 bits per heavy atom. The van der Waals surface area contributed by atoms with Crippen LogP contribution >= 0.6 is 0 Å². The second kappa shape index (κ2) is 7.34. The number of hydrogen-bond donors (Lipinski definition) is 0. The van der Waals surface area contributed by atoms with Crippen molar-refractivity contribution < 1.29 is 0 Å². The van der Waals surface area contributed by atoms with Gasteiger partial charge in [0.05, 0.1) is 16.7 Å². The predicted molar refractivity (Wildman–Crippen MR) is 158 cm³/mol. The zero-order valence-corrected chi connectivity index (χ0v) is 20.7. The van der Waals surface area contributed by atoms with Crippen molar-refractivity contribution >= 4 is 21.8 Å². The minimum Gasteiger partial charge on any atom is -0.308 e. The first-order chi connectivity index (χ1) is 18.9. The van der Waals surface area contributed by atoms with Gasteiger partial charge in [-0.05, 0) is 56.6 Å². The Morgan fingerprint density at radius 3 is 1.71 bits per heavy atom. The summed E-state index contributed by atoms with van der Waals surface area (Å²) in [6, 6.07) is 49.5. The molecule has 2 aliphatic rings. The molecule has 0 saturated heterocycles. The smallest absolute Gasteiger partial charge is 0.0589 e. The zero-order chi connectivity index (χ0) is 24.8. The Kier molecular flexibility index (Phi) is 3.90. The van der Waals surface area contributed by atoms with E-state index in [2.05, 4.69) is 138 Å². The van der Waals surface area contributed by atoms with Gasteiger partial charge in [0.25, 0.3) is 0 Å². The Bertz CT molecular complexity index is 2090. The molecule has 0 N–H and O–H groups in total. The van der Waals surface area contributed by atoms with Crippen LogP contribution in [-0.2, 0) is 0 Å². The summed E-state index contributed by atoms with van der Waals surface area (Å²) < 4.78 is 2.54. The third-order valence-electron chi connectivity index (χ3n) is 8.65. The standard InChI is InChI=1S/C37H23N/c1-2-12-24-23(11-1)25-13-3-5-17-29(25)35-30-18-6-4-14-26(30)31-21-22-32-28-16-8-10-20-34(28)38(37(32)36(31)35)33-19-9-7-15-27(24)33/h1-22,35H. The van der Waals surface area contributed by atoms with Crippen LogP contribution in [0.5, 0.6) is 0 Å². The summed E-state index contributed by atoms with van der Waals surface area (Å²) in [5.74, 6) is 0.155. The fourth-order valence-electron chi connectivity index (χ4n) is 7.18. The predicted octanol–water partition coefficient (Wildman–Crippen LogP) is 9.59. The molecule has 6 aromatic carbocycles. The lowest BCUT2D eigenvalue weighted by molar-refractivity contribution is 1.01. The number of aromatic nitrogens is 1. The summed E-state index contributed by atoms with van der Waals surface area (Å²) >= 11 is 0. The molecule has 0 amide bonds. The molecule has 9 rings (SSSR count). The monoisotopic (exact) mass is 481 g/mol. The Balaban J connectivity index is 1.60. The molecule has 0 radical (unpaired) electrons. The Hall–Kier alpha value is -4.88. The first kappa shape index (κ1) is 20.2. The van der Waals surface area contributed by atoms with Crippen LogP contribution in [0.2, 0.25) is 0 Å². The fraction of sp³-hybridized carbons (Fsp3) is 0.0270. The number of benzene rings is 6. The van der Waals surface area contributed by atoms with Gasteiger partial charge in [0.15, 0.2) is 0 Å². The lowest BCUT2D eigenvalue weighted by atomic mass is 9.81. The molecule has 38 heavy (non-hydrogen) atoms. The fourth-order valence-corrected chi connectivity index (χ4v) is 7.18. The topological polar surface area (TPSA) is 4.93 Å². The third kappa shape index (κ3) is 2.46. The van der Waals surface area contributed by atoms with Crippen molar-refractivity contribution in [3.05, 3.63) is 150 Å². The molecule has 0 spiro atoms. The Morgan fingerprint density at radius 2 is 0.947 bits per heavy atom. The first-order valence-electron chi connectivity index (χ1n) is 13.3. The summed E-state index contributed by atoms with van der Waals surface area (Å²) in [6.07, 6.45) is 0. The SMILES string of the molecule is c1ccc2c(c1)-c1ccccc1C1c3ccccc3-c3ccc4c5ccccc5n(c4c31)-c1ccccc1-2. The molecule has 1 unspecified atom stereocenters. The van der Waals surface area contributed by atoms with Crippen LogP contribution in [0.25, 0.3) is 60.9 Å². The van der Waals surface area contributed by atoms with Crippen molar-refractivity contribution in [2.24, 2.45) is 0 Å². The van der Waals surface area contributed by atoms with Crippen LogP contribution in [-0.4, -0.2) is 4.57 Å². The van der Waals surface area contributed by atoms with Gasteiger partial charge in [-0.3, -0.25) is 0 Å². The number of nitrogens with zero attached hydrogens (tertiary/aromatic N) is 1. The van der Waals surface area contributed by atoms with E-state index < -0.39 is 0 Å². The van der Waals surface area contributed by atoms with Crippen LogP contribution in [0.4, 0.5) is 0 Å². The highest BCUT2D eigenvalue weighted by Gasteiger charge is 2.36. The zero-order valence-electron chi connectivity index (χ0n) is 20.7. The molecule has 1 aliphatic heterocycles. The molecule has 7 aromatic rings. The van der Waals surface area contributed by atoms with Gasteiger partial charge in [-0.1, -0.05) is 121 Å². The Labute approximate surface area is 221 Å². The van der Waals surface area contributed by atoms with E-state index in [1.165, 1.54) is 77.6 Å². The summed E-state index contributed by atoms with van der Waals surface area (Å²) in [4.78, 5) is 0. The number of fused-ring (bicyclic) bond motifs is 13. The maximum Gasteiger partial charge on any atom is 0.0589 e. The van der Waals surface area contributed by atoms with Crippen LogP contribution in [0.1, 0.15) is 22.6 Å². The summed E-state index contributed by atoms with van der Waals surface area (Å²) in [5, 5.41) is 2.62. The van der Waals surface area contributed by atoms with Crippen molar-refractivity contribution in [1.82, 2.24) is 4.57 Å². The van der Waals surface area contributed by atoms with E-state index in [-0.39, 0.29) is 5.92 Å². The van der Waals surface area contributed by atoms with Crippen LogP contribution in [0.15, 0.2) is 133 Å². The summed E-state index contributed by atoms with van der Waals surface area (Å²) in [5.41, 5.74) is 15.8. The van der Waals surface area contributed by atoms with Gasteiger partial charge in [-0.2, -0.15) is 0 Å². The average molecular weight is 482 g/mol. The molecule has 176 valence electrons. The second-order valence-electron chi connectivity index (χ2n) is 10.4. The van der Waals surface area contributed by atoms with Crippen molar-refractivity contribution in [1.29, 1.82) is 0 Å². The maximum atomic E-state index is 2.54. The van der Waals surface area contributed by atoms with Gasteiger partial charge in [0.2, 0.25) is 0 Å². The van der Waals surface area contributed by atoms with Crippen molar-refractivity contribution in [3.8, 4) is 39.1 Å². The molecule has 0 saturated carbocycles. The van der Waals surface area contributed by atoms with Crippen molar-refractivity contribution in [2.45, 2.75) is 5.92 Å². The number of hydrogen-bond acceptors (Lipinski definition) is 0. The normalized spacial score (nSPS) is 14.6. The van der Waals surface area contributed by atoms with Crippen molar-refractivity contribution in [2.75, 3.05) is 0 Å². The average Bonchev–Trinajstić information content (AvgIpc) is 3.50. The lowest BCUT2D eigenvalue weighted by Gasteiger charge is -2.25. The van der Waals surface area contributed by atoms with Crippen LogP contribution in [0, 0.1) is 0 Å². The molecular formula is C37H23N.